The van der Waals surface area contributed by atoms with Crippen LogP contribution >= 0.6 is 0 Å². The topological polar surface area (TPSA) is 64.5 Å². The lowest BCUT2D eigenvalue weighted by Gasteiger charge is -2.12. The number of benzene rings is 11. The van der Waals surface area contributed by atoms with Crippen LogP contribution in [0.2, 0.25) is 0 Å². The molecule has 2 aromatic heterocycles. The molecule has 13 aromatic rings. The molecule has 0 N–H and O–H groups in total. The predicted octanol–water partition coefficient (Wildman–Crippen LogP) is 18.7. The van der Waals surface area contributed by atoms with Crippen molar-refractivity contribution in [3.8, 4) is 135 Å². The predicted molar refractivity (Wildman–Crippen MR) is 321 cm³/mol. The molecule has 78 heavy (non-hydrogen) atoms. The Morgan fingerprint density at radius 1 is 0.128 bits per heavy atom. The summed E-state index contributed by atoms with van der Waals surface area (Å²) in [6.45, 7) is 0. The molecule has 0 aliphatic carbocycles. The van der Waals surface area contributed by atoms with Gasteiger partial charge in [0.05, 0.1) is 11.4 Å². The lowest BCUT2D eigenvalue weighted by atomic mass is 9.97. The van der Waals surface area contributed by atoms with Crippen molar-refractivity contribution >= 4 is 0 Å². The summed E-state index contributed by atoms with van der Waals surface area (Å²) in [4.78, 5) is 25.6. The van der Waals surface area contributed by atoms with E-state index in [0.717, 1.165) is 100 Å². The van der Waals surface area contributed by atoms with E-state index in [9.17, 15) is 0 Å². The van der Waals surface area contributed by atoms with E-state index >= 15 is 0 Å². The Balaban J connectivity index is 0.789. The van der Waals surface area contributed by atoms with E-state index in [2.05, 4.69) is 273 Å². The molecule has 0 radical (unpaired) electrons. The van der Waals surface area contributed by atoms with Crippen molar-refractivity contribution in [2.24, 2.45) is 0 Å². The van der Waals surface area contributed by atoms with Crippen LogP contribution in [0.4, 0.5) is 0 Å². The van der Waals surface area contributed by atoms with E-state index in [1.165, 1.54) is 11.1 Å². The maximum atomic E-state index is 5.20. The van der Waals surface area contributed by atoms with Crippen LogP contribution in [0.1, 0.15) is 0 Å². The van der Waals surface area contributed by atoms with Gasteiger partial charge in [0.2, 0.25) is 0 Å². The maximum Gasteiger partial charge on any atom is 0.164 e. The first-order chi connectivity index (χ1) is 38.6. The van der Waals surface area contributed by atoms with Crippen molar-refractivity contribution in [3.63, 3.8) is 0 Å². The molecule has 0 aliphatic rings. The number of nitrogens with zero attached hydrogens (tertiary/aromatic N) is 5. The largest absolute Gasteiger partial charge is 0.228 e. The van der Waals surface area contributed by atoms with Crippen molar-refractivity contribution < 1.29 is 0 Å². The van der Waals surface area contributed by atoms with E-state index in [0.29, 0.717) is 23.3 Å². The highest BCUT2D eigenvalue weighted by Gasteiger charge is 2.16. The quantitative estimate of drug-likeness (QED) is 0.122. The Hall–Kier alpha value is -10.5. The molecule has 0 saturated heterocycles. The molecule has 0 unspecified atom stereocenters. The van der Waals surface area contributed by atoms with Gasteiger partial charge in [-0.2, -0.15) is 0 Å². The van der Waals surface area contributed by atoms with Gasteiger partial charge in [-0.15, -0.1) is 0 Å². The Kier molecular flexibility index (Phi) is 13.0. The molecule has 13 rings (SSSR count). The first-order valence-corrected chi connectivity index (χ1v) is 26.2. The van der Waals surface area contributed by atoms with Gasteiger partial charge < -0.3 is 0 Å². The van der Waals surface area contributed by atoms with Gasteiger partial charge in [-0.1, -0.05) is 285 Å². The Morgan fingerprint density at radius 2 is 0.321 bits per heavy atom. The summed E-state index contributed by atoms with van der Waals surface area (Å²) < 4.78 is 0. The van der Waals surface area contributed by atoms with Crippen molar-refractivity contribution in [2.75, 3.05) is 0 Å². The standard InChI is InChI=1S/C73H49N5/c1-5-14-50(15-6-1)54-24-36-60(37-25-54)68-49-69(75-70(74-68)62-40-28-55(29-41-62)51-16-7-2-8-17-51)61-38-26-58(27-39-61)66-22-13-23-67(48-66)59-34-46-65(47-35-59)73-77-71(63-42-30-56(31-43-63)52-18-9-3-10-19-52)76-72(78-73)64-44-32-57(33-45-64)53-20-11-4-12-21-53/h1-49H. The van der Waals surface area contributed by atoms with Gasteiger partial charge in [-0.25, -0.2) is 24.9 Å². The van der Waals surface area contributed by atoms with E-state index in [1.54, 1.807) is 0 Å². The molecule has 0 spiro atoms. The number of hydrogen-bond donors (Lipinski definition) is 0. The molecule has 11 aromatic carbocycles. The molecule has 5 nitrogen and oxygen atoms in total. The summed E-state index contributed by atoms with van der Waals surface area (Å²) in [5.41, 5.74) is 21.1. The molecule has 2 heterocycles. The molecule has 0 aliphatic heterocycles. The van der Waals surface area contributed by atoms with Crippen molar-refractivity contribution in [1.29, 1.82) is 0 Å². The fraction of sp³-hybridized carbons (Fsp3) is 0. The summed E-state index contributed by atoms with van der Waals surface area (Å²) >= 11 is 0. The molecule has 5 heteroatoms. The zero-order valence-electron chi connectivity index (χ0n) is 42.5. The number of rotatable bonds is 12. The molecule has 366 valence electrons. The van der Waals surface area contributed by atoms with Crippen LogP contribution in [0.25, 0.3) is 135 Å². The SMILES string of the molecule is c1ccc(-c2ccc(-c3cc(-c4ccc(-c5cccc(-c6ccc(-c7nc(-c8ccc(-c9ccccc9)cc8)nc(-c8ccc(-c9ccccc9)cc8)n7)cc6)c5)cc4)nc(-c4ccc(-c5ccccc5)cc4)n3)cc2)cc1. The van der Waals surface area contributed by atoms with Crippen LogP contribution in [-0.2, 0) is 0 Å². The zero-order chi connectivity index (χ0) is 52.0. The molecule has 0 saturated carbocycles. The summed E-state index contributed by atoms with van der Waals surface area (Å²) in [5, 5.41) is 0. The lowest BCUT2D eigenvalue weighted by molar-refractivity contribution is 1.07. The molecule has 0 atom stereocenters. The average molecular weight is 996 g/mol. The van der Waals surface area contributed by atoms with Gasteiger partial charge in [-0.3, -0.25) is 0 Å². The monoisotopic (exact) mass is 995 g/mol. The minimum atomic E-state index is 0.611. The summed E-state index contributed by atoms with van der Waals surface area (Å²) in [6.07, 6.45) is 0. The van der Waals surface area contributed by atoms with Crippen molar-refractivity contribution in [1.82, 2.24) is 24.9 Å². The Bertz CT molecular complexity index is 3680. The molecule has 0 fully saturated rings. The second kappa shape index (κ2) is 21.4. The summed E-state index contributed by atoms with van der Waals surface area (Å²) in [5.74, 6) is 2.52. The van der Waals surface area contributed by atoms with Crippen LogP contribution < -0.4 is 0 Å². The third-order valence-electron chi connectivity index (χ3n) is 14.3. The van der Waals surface area contributed by atoms with Gasteiger partial charge in [0, 0.05) is 33.4 Å². The van der Waals surface area contributed by atoms with E-state index in [1.807, 2.05) is 24.3 Å². The molecule has 0 bridgehead atoms. The zero-order valence-corrected chi connectivity index (χ0v) is 42.5. The first-order valence-electron chi connectivity index (χ1n) is 26.2. The van der Waals surface area contributed by atoms with E-state index < -0.39 is 0 Å². The van der Waals surface area contributed by atoms with Gasteiger partial charge in [0.1, 0.15) is 0 Å². The van der Waals surface area contributed by atoms with Gasteiger partial charge >= 0.3 is 0 Å². The number of hydrogen-bond acceptors (Lipinski definition) is 5. The average Bonchev–Trinajstić information content (AvgIpc) is 3.54. The van der Waals surface area contributed by atoms with Crippen LogP contribution in [0.3, 0.4) is 0 Å². The molecular weight excluding hydrogens is 947 g/mol. The Labute approximate surface area is 454 Å². The minimum absolute atomic E-state index is 0.611. The molecule has 0 amide bonds. The smallest absolute Gasteiger partial charge is 0.164 e. The maximum absolute atomic E-state index is 5.20. The van der Waals surface area contributed by atoms with Crippen molar-refractivity contribution in [3.05, 3.63) is 297 Å². The van der Waals surface area contributed by atoms with Crippen molar-refractivity contribution in [2.45, 2.75) is 0 Å². The summed E-state index contributed by atoms with van der Waals surface area (Å²) in [6, 6.07) is 104. The lowest BCUT2D eigenvalue weighted by Crippen LogP contribution is -2.00. The molecular formula is C73H49N5. The second-order valence-corrected chi connectivity index (χ2v) is 19.3. The normalized spacial score (nSPS) is 11.1. The highest BCUT2D eigenvalue weighted by atomic mass is 15.0. The van der Waals surface area contributed by atoms with Crippen LogP contribution in [0.5, 0.6) is 0 Å². The van der Waals surface area contributed by atoms with E-state index in [-0.39, 0.29) is 0 Å². The summed E-state index contributed by atoms with van der Waals surface area (Å²) in [7, 11) is 0. The first kappa shape index (κ1) is 47.2. The van der Waals surface area contributed by atoms with Crippen LogP contribution in [0.15, 0.2) is 297 Å². The number of aromatic nitrogens is 5. The highest BCUT2D eigenvalue weighted by molar-refractivity contribution is 5.80. The Morgan fingerprint density at radius 3 is 0.590 bits per heavy atom. The fourth-order valence-corrected chi connectivity index (χ4v) is 9.95. The highest BCUT2D eigenvalue weighted by Crippen LogP contribution is 2.35. The van der Waals surface area contributed by atoms with Crippen LogP contribution in [-0.4, -0.2) is 24.9 Å². The van der Waals surface area contributed by atoms with Crippen LogP contribution in [0, 0.1) is 0 Å². The van der Waals surface area contributed by atoms with E-state index in [4.69, 9.17) is 24.9 Å². The second-order valence-electron chi connectivity index (χ2n) is 19.3. The third-order valence-corrected chi connectivity index (χ3v) is 14.3. The van der Waals surface area contributed by atoms with Gasteiger partial charge in [0.25, 0.3) is 0 Å². The van der Waals surface area contributed by atoms with Gasteiger partial charge in [-0.05, 0) is 78.9 Å². The third kappa shape index (κ3) is 10.2. The van der Waals surface area contributed by atoms with Gasteiger partial charge in [0.15, 0.2) is 23.3 Å². The fourth-order valence-electron chi connectivity index (χ4n) is 9.95. The minimum Gasteiger partial charge on any atom is -0.228 e.